The highest BCUT2D eigenvalue weighted by atomic mass is 16.5. The number of esters is 1. The number of aryl methyl sites for hydroxylation is 1. The van der Waals surface area contributed by atoms with Crippen molar-refractivity contribution < 1.29 is 70.6 Å². The van der Waals surface area contributed by atoms with Gasteiger partial charge in [0.05, 0.1) is 72.6 Å². The minimum atomic E-state index is -0.485. The van der Waals surface area contributed by atoms with E-state index in [2.05, 4.69) is 97.7 Å². The predicted molar refractivity (Wildman–Crippen MR) is 448 cm³/mol. The second-order valence-electron chi connectivity index (χ2n) is 26.7. The Hall–Kier alpha value is -13.5. The molecule has 0 unspecified atom stereocenters. The van der Waals surface area contributed by atoms with Gasteiger partial charge in [0.1, 0.15) is 5.69 Å². The number of aromatic amines is 2. The topological polar surface area (TPSA) is 340 Å². The summed E-state index contributed by atoms with van der Waals surface area (Å²) in [6, 6.07) is 45.9. The lowest BCUT2D eigenvalue weighted by atomic mass is 10.0. The molecule has 0 saturated heterocycles. The largest absolute Gasteiger partial charge is 0.493 e. The Morgan fingerprint density at radius 1 is 0.449 bits per heavy atom. The molecule has 0 aliphatic carbocycles. The smallest absolute Gasteiger partial charge is 0.339 e. The molecule has 0 aliphatic heterocycles. The van der Waals surface area contributed by atoms with Gasteiger partial charge in [0.25, 0.3) is 23.6 Å². The number of fused-ring (bicyclic) bond motifs is 3. The molecule has 0 amide bonds. The van der Waals surface area contributed by atoms with Crippen molar-refractivity contribution in [2.24, 2.45) is 0 Å². The van der Waals surface area contributed by atoms with E-state index in [0.717, 1.165) is 91.8 Å². The Morgan fingerprint density at radius 2 is 0.898 bits per heavy atom. The third-order valence-corrected chi connectivity index (χ3v) is 18.4. The molecule has 3 N–H and O–H groups in total. The SMILES string of the molecule is CCOc1ccc(-c2nc(-c3cccc4[nH]cc(CCCCN(C)C)c34)no2)cc1OCC.CCOc1ccc(-c2nc(-c3cccc4[nH]cc(CN(C)CCO)c34)no2)cc1OC.CCOc1ccc(-c2nc(-c3cncc(C(=O)OC)c3)no2)cc1OCC.CCOc1ccc(-c2nc(-c3nccc4ccccc34)no2)cc1OCC. The van der Waals surface area contributed by atoms with Crippen molar-refractivity contribution in [3.8, 4) is 137 Å². The highest BCUT2D eigenvalue weighted by molar-refractivity contribution is 5.98. The fourth-order valence-electron chi connectivity index (χ4n) is 13.0. The zero-order valence-electron chi connectivity index (χ0n) is 68.2. The van der Waals surface area contributed by atoms with Crippen LogP contribution in [0.25, 0.3) is 124 Å². The zero-order chi connectivity index (χ0) is 82.9. The molecule has 0 aliphatic rings. The Labute approximate surface area is 682 Å². The van der Waals surface area contributed by atoms with Gasteiger partial charge in [-0.3, -0.25) is 14.9 Å². The number of unbranched alkanes of at least 4 members (excludes halogenated alkanes) is 1. The molecule has 0 radical (unpaired) electrons. The highest BCUT2D eigenvalue weighted by Crippen LogP contribution is 2.40. The molecule has 15 aromatic rings. The second-order valence-corrected chi connectivity index (χ2v) is 26.7. The summed E-state index contributed by atoms with van der Waals surface area (Å²) in [5.74, 6) is 8.21. The predicted octanol–water partition coefficient (Wildman–Crippen LogP) is 17.4. The summed E-state index contributed by atoms with van der Waals surface area (Å²) in [4.78, 5) is 49.4. The van der Waals surface area contributed by atoms with Crippen LogP contribution in [0.3, 0.4) is 0 Å². The van der Waals surface area contributed by atoms with Gasteiger partial charge in [0.2, 0.25) is 23.3 Å². The number of hydrogen-bond donors (Lipinski definition) is 3. The molecule has 612 valence electrons. The molecule has 118 heavy (non-hydrogen) atoms. The maximum atomic E-state index is 11.7. The van der Waals surface area contributed by atoms with E-state index in [1.807, 2.05) is 177 Å². The summed E-state index contributed by atoms with van der Waals surface area (Å²) in [6.07, 6.45) is 12.1. The number of likely N-dealkylation sites (N-methyl/N-ethyl adjacent to an activating group) is 1. The summed E-state index contributed by atoms with van der Waals surface area (Å²) < 4.78 is 71.7. The minimum Gasteiger partial charge on any atom is -0.493 e. The molecule has 8 heterocycles. The van der Waals surface area contributed by atoms with Gasteiger partial charge < -0.3 is 80.7 Å². The van der Waals surface area contributed by atoms with Gasteiger partial charge in [0, 0.05) is 110 Å². The molecule has 7 aromatic carbocycles. The van der Waals surface area contributed by atoms with Crippen LogP contribution in [0.15, 0.2) is 195 Å². The van der Waals surface area contributed by atoms with Crippen molar-refractivity contribution in [1.82, 2.24) is 70.3 Å². The van der Waals surface area contributed by atoms with Crippen LogP contribution in [0.1, 0.15) is 82.8 Å². The average molecular weight is 1600 g/mol. The molecule has 15 rings (SSSR count). The first-order chi connectivity index (χ1) is 57.7. The monoisotopic (exact) mass is 1600 g/mol. The van der Waals surface area contributed by atoms with Gasteiger partial charge in [-0.25, -0.2) is 4.79 Å². The van der Waals surface area contributed by atoms with E-state index in [1.54, 1.807) is 37.7 Å². The van der Waals surface area contributed by atoms with E-state index in [-0.39, 0.29) is 6.61 Å². The van der Waals surface area contributed by atoms with Gasteiger partial charge in [0.15, 0.2) is 46.0 Å². The number of ether oxygens (including phenoxy) is 9. The van der Waals surface area contributed by atoms with Crippen LogP contribution in [0.2, 0.25) is 0 Å². The van der Waals surface area contributed by atoms with E-state index in [0.29, 0.717) is 175 Å². The lowest BCUT2D eigenvalue weighted by Gasteiger charge is -2.14. The molecule has 0 bridgehead atoms. The number of aliphatic hydroxyl groups excluding tert-OH is 1. The summed E-state index contributed by atoms with van der Waals surface area (Å²) >= 11 is 0. The van der Waals surface area contributed by atoms with Gasteiger partial charge >= 0.3 is 5.97 Å². The Kier molecular flexibility index (Phi) is 29.3. The summed E-state index contributed by atoms with van der Waals surface area (Å²) in [5.41, 5.74) is 10.9. The second kappa shape index (κ2) is 41.2. The molecule has 29 heteroatoms. The van der Waals surface area contributed by atoms with Crippen LogP contribution in [0.4, 0.5) is 0 Å². The van der Waals surface area contributed by atoms with Crippen molar-refractivity contribution in [2.45, 2.75) is 74.3 Å². The molecular formula is C89H96N14O15. The summed E-state index contributed by atoms with van der Waals surface area (Å²) in [5, 5.41) is 30.1. The van der Waals surface area contributed by atoms with Crippen LogP contribution < -0.4 is 37.9 Å². The number of H-pyrrole nitrogens is 2. The lowest BCUT2D eigenvalue weighted by molar-refractivity contribution is 0.0600. The van der Waals surface area contributed by atoms with Crippen LogP contribution in [-0.2, 0) is 17.7 Å². The number of rotatable bonds is 33. The van der Waals surface area contributed by atoms with Gasteiger partial charge in [-0.1, -0.05) is 69.2 Å². The Balaban J connectivity index is 0.000000145. The minimum absolute atomic E-state index is 0.117. The summed E-state index contributed by atoms with van der Waals surface area (Å²) in [6.45, 7) is 19.8. The Bertz CT molecular complexity index is 5760. The standard InChI is InChI=1S/C26H32N4O3.C23H26N4O4.C21H19N3O3.C19H19N3O5/c1-5-31-22-14-13-18(16-23(22)32-6-2)26-28-25(29-33-26)20-11-9-12-21-24(20)19(17-27-21)10-7-8-15-30(3)4;1-4-30-19-9-8-15(12-20(19)29-3)23-25-22(26-31-23)17-6-5-7-18-21(17)16(13-24-18)14-27(2)10-11-28;1-3-25-17-10-9-15(13-18(17)26-4-2)21-23-20(24-27-21)19-16-8-6-5-7-14(16)11-12-22-19;1-4-25-15-7-6-12(9-16(15)26-5-2)18-21-17(22-27-18)13-8-14(11-20-10-13)19(23)24-3/h9,11-14,16-17,27H,5-8,10,15H2,1-4H3;5-9,12-13,24,28H,4,10-11,14H2,1-3H3;5-13H,3-4H2,1-2H3;6-11H,4-5H2,1-3H3. The maximum Gasteiger partial charge on any atom is 0.339 e. The first kappa shape index (κ1) is 83.9. The summed E-state index contributed by atoms with van der Waals surface area (Å²) in [7, 11) is 9.11. The molecular weight excluding hydrogens is 1510 g/mol. The number of pyridine rings is 2. The van der Waals surface area contributed by atoms with Crippen LogP contribution in [0.5, 0.6) is 46.0 Å². The lowest BCUT2D eigenvalue weighted by Crippen LogP contribution is -2.21. The number of nitrogens with zero attached hydrogens (tertiary/aromatic N) is 12. The third kappa shape index (κ3) is 20.6. The average Bonchev–Trinajstić information content (AvgIpc) is 1.64. The Morgan fingerprint density at radius 3 is 1.39 bits per heavy atom. The molecule has 0 saturated carbocycles. The molecule has 0 spiro atoms. The van der Waals surface area contributed by atoms with Crippen LogP contribution in [0, 0.1) is 0 Å². The van der Waals surface area contributed by atoms with E-state index in [4.69, 9.17) is 65.7 Å². The van der Waals surface area contributed by atoms with Crippen molar-refractivity contribution in [1.29, 1.82) is 0 Å². The normalized spacial score (nSPS) is 11.1. The van der Waals surface area contributed by atoms with E-state index in [9.17, 15) is 9.90 Å². The van der Waals surface area contributed by atoms with Gasteiger partial charge in [-0.05, 0) is 209 Å². The van der Waals surface area contributed by atoms with Crippen molar-refractivity contribution in [2.75, 3.05) is 101 Å². The molecule has 29 nitrogen and oxygen atoms in total. The van der Waals surface area contributed by atoms with Crippen molar-refractivity contribution in [3.05, 3.63) is 193 Å². The zero-order valence-corrected chi connectivity index (χ0v) is 68.2. The fraction of sp³-hybridized carbons (Fsp3) is 0.292. The fourth-order valence-corrected chi connectivity index (χ4v) is 13.0. The molecule has 8 aromatic heterocycles. The van der Waals surface area contributed by atoms with Crippen molar-refractivity contribution >= 4 is 38.5 Å². The number of aliphatic hydroxyl groups is 1. The molecule has 0 atom stereocenters. The van der Waals surface area contributed by atoms with Crippen LogP contribution in [-0.4, -0.2) is 183 Å². The number of benzene rings is 7. The highest BCUT2D eigenvalue weighted by Gasteiger charge is 2.24. The number of carbonyl (C=O) groups is 1. The van der Waals surface area contributed by atoms with E-state index < -0.39 is 5.97 Å². The molecule has 0 fully saturated rings. The van der Waals surface area contributed by atoms with Crippen molar-refractivity contribution in [3.63, 3.8) is 0 Å². The van der Waals surface area contributed by atoms with Crippen LogP contribution >= 0.6 is 0 Å². The number of carbonyl (C=O) groups excluding carboxylic acids is 1. The van der Waals surface area contributed by atoms with E-state index >= 15 is 0 Å². The number of hydrogen-bond acceptors (Lipinski definition) is 27. The first-order valence-electron chi connectivity index (χ1n) is 39.1. The van der Waals surface area contributed by atoms with E-state index in [1.165, 1.54) is 18.9 Å². The number of aromatic nitrogens is 12. The number of nitrogens with one attached hydrogen (secondary N) is 2. The first-order valence-corrected chi connectivity index (χ1v) is 39.1. The quantitative estimate of drug-likeness (QED) is 0.0254. The van der Waals surface area contributed by atoms with Gasteiger partial charge in [-0.2, -0.15) is 19.9 Å². The van der Waals surface area contributed by atoms with Gasteiger partial charge in [-0.15, -0.1) is 0 Å². The number of methoxy groups -OCH3 is 2. The maximum absolute atomic E-state index is 11.7. The third-order valence-electron chi connectivity index (χ3n) is 18.4.